The molecule has 0 spiro atoms. The van der Waals surface area contributed by atoms with Crippen LogP contribution < -0.4 is 10.5 Å². The van der Waals surface area contributed by atoms with Gasteiger partial charge in [0.2, 0.25) is 0 Å². The summed E-state index contributed by atoms with van der Waals surface area (Å²) in [7, 11) is 0. The number of nitrogens with two attached hydrogens (primary N) is 1. The van der Waals surface area contributed by atoms with Crippen molar-refractivity contribution in [2.75, 3.05) is 18.8 Å². The van der Waals surface area contributed by atoms with Crippen LogP contribution in [0, 0.1) is 11.8 Å². The van der Waals surface area contributed by atoms with Crippen molar-refractivity contribution < 1.29 is 17.9 Å². The molecule has 9 heteroatoms. The molecule has 1 saturated heterocycles. The number of piperidine rings is 1. The first kappa shape index (κ1) is 21.0. The Hall–Kier alpha value is -2.29. The van der Waals surface area contributed by atoms with Gasteiger partial charge in [-0.15, -0.1) is 13.2 Å². The number of ether oxygens (including phenoxy) is 1. The van der Waals surface area contributed by atoms with Crippen LogP contribution in [0.2, 0.25) is 0 Å². The molecule has 6 nitrogen and oxygen atoms in total. The fraction of sp³-hybridized carbons (Fsp3) is 0.619. The molecule has 2 aliphatic rings. The summed E-state index contributed by atoms with van der Waals surface area (Å²) in [6, 6.07) is 3.37. The quantitative estimate of drug-likeness (QED) is 0.787. The highest BCUT2D eigenvalue weighted by Gasteiger charge is 2.58. The maximum Gasteiger partial charge on any atom is 0.573 e. The van der Waals surface area contributed by atoms with Gasteiger partial charge in [0.1, 0.15) is 0 Å². The van der Waals surface area contributed by atoms with Gasteiger partial charge in [-0.25, -0.2) is 4.98 Å². The number of aromatic nitrogens is 3. The Morgan fingerprint density at radius 2 is 1.77 bits per heavy atom. The molecule has 0 radical (unpaired) electrons. The van der Waals surface area contributed by atoms with Crippen LogP contribution in [0.5, 0.6) is 5.75 Å². The highest BCUT2D eigenvalue weighted by Crippen LogP contribution is 2.59. The minimum absolute atomic E-state index is 0.140. The standard InChI is InChI=1S/C21H28F3N5O/c1-11(2)29-16(18-13-9-28(10-14(13)18)20(3,4)5)7-15(27-29)12-6-17(19(25)26-8-12)30-21(22,23)24/h6-8,11,13-14,18H,9-10H2,1-5H3,(H2,25,26)/t13-,14+,18?. The molecule has 3 heterocycles. The van der Waals surface area contributed by atoms with Crippen molar-refractivity contribution in [2.45, 2.75) is 58.5 Å². The molecule has 1 unspecified atom stereocenters. The number of alkyl halides is 3. The van der Waals surface area contributed by atoms with Crippen LogP contribution in [0.15, 0.2) is 18.3 Å². The van der Waals surface area contributed by atoms with E-state index in [1.54, 1.807) is 0 Å². The third kappa shape index (κ3) is 3.87. The maximum atomic E-state index is 12.7. The topological polar surface area (TPSA) is 69.2 Å². The summed E-state index contributed by atoms with van der Waals surface area (Å²) < 4.78 is 44.0. The van der Waals surface area contributed by atoms with Crippen LogP contribution in [-0.2, 0) is 0 Å². The molecule has 4 rings (SSSR count). The van der Waals surface area contributed by atoms with Gasteiger partial charge >= 0.3 is 6.36 Å². The van der Waals surface area contributed by atoms with E-state index in [9.17, 15) is 13.2 Å². The molecule has 1 aliphatic heterocycles. The summed E-state index contributed by atoms with van der Waals surface area (Å²) >= 11 is 0. The molecule has 2 N–H and O–H groups in total. The lowest BCUT2D eigenvalue weighted by Gasteiger charge is -2.33. The number of halogens is 3. The lowest BCUT2D eigenvalue weighted by atomic mass is 10.0. The van der Waals surface area contributed by atoms with E-state index in [0.717, 1.165) is 18.8 Å². The third-order valence-electron chi connectivity index (χ3n) is 6.14. The molecule has 2 aromatic heterocycles. The number of anilines is 1. The fourth-order valence-corrected chi connectivity index (χ4v) is 4.53. The van der Waals surface area contributed by atoms with Crippen molar-refractivity contribution in [1.29, 1.82) is 0 Å². The largest absolute Gasteiger partial charge is 0.573 e. The zero-order valence-electron chi connectivity index (χ0n) is 17.9. The van der Waals surface area contributed by atoms with Crippen LogP contribution in [0.4, 0.5) is 19.0 Å². The molecule has 0 amide bonds. The molecule has 164 valence electrons. The number of hydrogen-bond donors (Lipinski definition) is 1. The van der Waals surface area contributed by atoms with E-state index in [1.807, 2.05) is 10.7 Å². The Morgan fingerprint density at radius 3 is 2.30 bits per heavy atom. The van der Waals surface area contributed by atoms with Crippen molar-refractivity contribution in [1.82, 2.24) is 19.7 Å². The normalized spacial score (nSPS) is 24.4. The Kier molecular flexibility index (Phi) is 4.80. The second-order valence-electron chi connectivity index (χ2n) is 9.58. The number of likely N-dealkylation sites (tertiary alicyclic amines) is 1. The van der Waals surface area contributed by atoms with Crippen LogP contribution >= 0.6 is 0 Å². The number of nitrogen functional groups attached to an aromatic ring is 1. The second kappa shape index (κ2) is 6.87. The van der Waals surface area contributed by atoms with E-state index in [4.69, 9.17) is 5.73 Å². The molecular formula is C21H28F3N5O. The zero-order chi connectivity index (χ0) is 22.0. The van der Waals surface area contributed by atoms with Gasteiger partial charge in [-0.3, -0.25) is 9.58 Å². The van der Waals surface area contributed by atoms with Crippen LogP contribution in [0.1, 0.15) is 52.3 Å². The van der Waals surface area contributed by atoms with E-state index in [1.165, 1.54) is 12.3 Å². The second-order valence-corrected chi connectivity index (χ2v) is 9.58. The van der Waals surface area contributed by atoms with Gasteiger partial charge in [-0.2, -0.15) is 5.10 Å². The predicted octanol–water partition coefficient (Wildman–Crippen LogP) is 4.45. The SMILES string of the molecule is CC(C)n1nc(-c2cnc(N)c(OC(F)(F)F)c2)cc1C1[C@H]2CN(C(C)(C)C)C[C@@H]12. The summed E-state index contributed by atoms with van der Waals surface area (Å²) in [5, 5.41) is 4.69. The first-order valence-electron chi connectivity index (χ1n) is 10.2. The van der Waals surface area contributed by atoms with Crippen LogP contribution in [-0.4, -0.2) is 44.7 Å². The first-order valence-corrected chi connectivity index (χ1v) is 10.2. The highest BCUT2D eigenvalue weighted by atomic mass is 19.4. The van der Waals surface area contributed by atoms with E-state index < -0.39 is 12.1 Å². The molecule has 2 fully saturated rings. The minimum Gasteiger partial charge on any atom is -0.402 e. The van der Waals surface area contributed by atoms with Crippen LogP contribution in [0.3, 0.4) is 0 Å². The van der Waals surface area contributed by atoms with Gasteiger partial charge in [0.05, 0.1) is 5.69 Å². The minimum atomic E-state index is -4.83. The Morgan fingerprint density at radius 1 is 1.13 bits per heavy atom. The maximum absolute atomic E-state index is 12.7. The molecule has 2 aromatic rings. The van der Waals surface area contributed by atoms with Crippen molar-refractivity contribution in [3.05, 3.63) is 24.0 Å². The van der Waals surface area contributed by atoms with E-state index in [2.05, 4.69) is 54.3 Å². The summed E-state index contributed by atoms with van der Waals surface area (Å²) in [4.78, 5) is 6.39. The smallest absolute Gasteiger partial charge is 0.402 e. The lowest BCUT2D eigenvalue weighted by Crippen LogP contribution is -2.41. The van der Waals surface area contributed by atoms with Gasteiger partial charge in [0.25, 0.3) is 0 Å². The summed E-state index contributed by atoms with van der Waals surface area (Å²) in [5.74, 6) is 0.808. The fourth-order valence-electron chi connectivity index (χ4n) is 4.53. The average Bonchev–Trinajstić information content (AvgIpc) is 2.99. The molecule has 3 atom stereocenters. The van der Waals surface area contributed by atoms with Gasteiger partial charge in [-0.05, 0) is 58.6 Å². The molecule has 0 aromatic carbocycles. The Balaban J connectivity index is 1.62. The molecular weight excluding hydrogens is 395 g/mol. The summed E-state index contributed by atoms with van der Waals surface area (Å²) in [5.41, 5.74) is 7.89. The van der Waals surface area contributed by atoms with Crippen molar-refractivity contribution in [3.63, 3.8) is 0 Å². The summed E-state index contributed by atoms with van der Waals surface area (Å²) in [6.07, 6.45) is -3.40. The Labute approximate surface area is 174 Å². The number of fused-ring (bicyclic) bond motifs is 1. The average molecular weight is 423 g/mol. The van der Waals surface area contributed by atoms with E-state index >= 15 is 0 Å². The van der Waals surface area contributed by atoms with E-state index in [-0.39, 0.29) is 17.4 Å². The van der Waals surface area contributed by atoms with Gasteiger partial charge < -0.3 is 10.5 Å². The number of pyridine rings is 1. The zero-order valence-corrected chi connectivity index (χ0v) is 17.9. The molecule has 1 saturated carbocycles. The van der Waals surface area contributed by atoms with Crippen LogP contribution in [0.25, 0.3) is 11.3 Å². The highest BCUT2D eigenvalue weighted by molar-refractivity contribution is 5.64. The monoisotopic (exact) mass is 423 g/mol. The lowest BCUT2D eigenvalue weighted by molar-refractivity contribution is -0.274. The van der Waals surface area contributed by atoms with Crippen molar-refractivity contribution >= 4 is 5.82 Å². The molecule has 30 heavy (non-hydrogen) atoms. The third-order valence-corrected chi connectivity index (χ3v) is 6.14. The molecule has 1 aliphatic carbocycles. The van der Waals surface area contributed by atoms with Gasteiger partial charge in [-0.1, -0.05) is 0 Å². The van der Waals surface area contributed by atoms with E-state index in [0.29, 0.717) is 29.0 Å². The first-order chi connectivity index (χ1) is 13.8. The number of hydrogen-bond acceptors (Lipinski definition) is 5. The number of rotatable bonds is 4. The van der Waals surface area contributed by atoms with Crippen molar-refractivity contribution in [2.24, 2.45) is 11.8 Å². The predicted molar refractivity (Wildman–Crippen MR) is 108 cm³/mol. The molecule has 0 bridgehead atoms. The van der Waals surface area contributed by atoms with Crippen molar-refractivity contribution in [3.8, 4) is 17.0 Å². The number of nitrogens with zero attached hydrogens (tertiary/aromatic N) is 4. The summed E-state index contributed by atoms with van der Waals surface area (Å²) in [6.45, 7) is 12.9. The van der Waals surface area contributed by atoms with Gasteiger partial charge in [0, 0.05) is 48.0 Å². The van der Waals surface area contributed by atoms with Gasteiger partial charge in [0.15, 0.2) is 11.6 Å². The Bertz CT molecular complexity index is 935.